The van der Waals surface area contributed by atoms with Crippen molar-refractivity contribution in [2.24, 2.45) is 0 Å². The van der Waals surface area contributed by atoms with Gasteiger partial charge in [-0.25, -0.2) is 0 Å². The fourth-order valence-electron chi connectivity index (χ4n) is 1.40. The first-order valence-electron chi connectivity index (χ1n) is 6.18. The van der Waals surface area contributed by atoms with E-state index in [4.69, 9.17) is 40.2 Å². The average Bonchev–Trinajstić information content (AvgIpc) is 2.36. The Bertz CT molecular complexity index is 483. The van der Waals surface area contributed by atoms with Crippen LogP contribution in [-0.4, -0.2) is 24.2 Å². The van der Waals surface area contributed by atoms with Crippen LogP contribution < -0.4 is 15.4 Å². The largest absolute Gasteiger partial charge is 0.492 e. The fraction of sp³-hybridized carbons (Fsp3) is 0.385. The fourth-order valence-corrected chi connectivity index (χ4v) is 2.12. The number of ether oxygens (including phenoxy) is 1. The maximum atomic E-state index is 11.5. The molecule has 0 heterocycles. The first-order chi connectivity index (χ1) is 9.52. The zero-order valence-corrected chi connectivity index (χ0v) is 13.4. The Labute approximate surface area is 133 Å². The summed E-state index contributed by atoms with van der Waals surface area (Å²) >= 11 is 16.7. The number of hydrogen-bond donors (Lipinski definition) is 2. The molecule has 1 aromatic carbocycles. The van der Waals surface area contributed by atoms with E-state index in [0.717, 1.165) is 0 Å². The molecule has 0 aliphatic carbocycles. The van der Waals surface area contributed by atoms with Gasteiger partial charge in [0.15, 0.2) is 5.11 Å². The van der Waals surface area contributed by atoms with Crippen molar-refractivity contribution in [3.05, 3.63) is 28.2 Å². The molecule has 0 aliphatic rings. The monoisotopic (exact) mass is 334 g/mol. The van der Waals surface area contributed by atoms with E-state index in [0.29, 0.717) is 46.9 Å². The summed E-state index contributed by atoms with van der Waals surface area (Å²) < 4.78 is 5.48. The summed E-state index contributed by atoms with van der Waals surface area (Å²) in [4.78, 5) is 11.5. The van der Waals surface area contributed by atoms with Crippen LogP contribution in [0.2, 0.25) is 10.0 Å². The normalized spacial score (nSPS) is 9.95. The van der Waals surface area contributed by atoms with E-state index in [1.807, 2.05) is 6.92 Å². The molecule has 4 nitrogen and oxygen atoms in total. The number of nitrogens with one attached hydrogen (secondary N) is 2. The van der Waals surface area contributed by atoms with Crippen molar-refractivity contribution in [3.8, 4) is 5.75 Å². The summed E-state index contributed by atoms with van der Waals surface area (Å²) in [6.07, 6.45) is 0.899. The van der Waals surface area contributed by atoms with Crippen molar-refractivity contribution in [2.45, 2.75) is 19.8 Å². The molecule has 0 fully saturated rings. The van der Waals surface area contributed by atoms with Gasteiger partial charge in [0.25, 0.3) is 0 Å². The minimum Gasteiger partial charge on any atom is -0.492 e. The average molecular weight is 335 g/mol. The summed E-state index contributed by atoms with van der Waals surface area (Å²) in [5.74, 6) is 0.418. The van der Waals surface area contributed by atoms with Crippen molar-refractivity contribution < 1.29 is 9.53 Å². The van der Waals surface area contributed by atoms with Crippen LogP contribution in [0, 0.1) is 0 Å². The molecule has 0 aromatic heterocycles. The second kappa shape index (κ2) is 9.00. The third-order valence-corrected chi connectivity index (χ3v) is 3.07. The molecular weight excluding hydrogens is 319 g/mol. The molecule has 0 spiro atoms. The summed E-state index contributed by atoms with van der Waals surface area (Å²) in [5, 5.41) is 6.78. The highest BCUT2D eigenvalue weighted by Gasteiger charge is 2.05. The summed E-state index contributed by atoms with van der Waals surface area (Å²) in [6.45, 7) is 2.97. The predicted molar refractivity (Wildman–Crippen MR) is 85.6 cm³/mol. The predicted octanol–water partition coefficient (Wildman–Crippen LogP) is 3.16. The Kier molecular flexibility index (Phi) is 7.65. The van der Waals surface area contributed by atoms with Gasteiger partial charge in [0, 0.05) is 18.0 Å². The molecule has 0 saturated carbocycles. The number of hydrogen-bond acceptors (Lipinski definition) is 3. The van der Waals surface area contributed by atoms with E-state index in [9.17, 15) is 4.79 Å². The highest BCUT2D eigenvalue weighted by Crippen LogP contribution is 2.27. The van der Waals surface area contributed by atoms with E-state index in [1.165, 1.54) is 0 Å². The van der Waals surface area contributed by atoms with Crippen LogP contribution in [-0.2, 0) is 4.79 Å². The molecule has 2 N–H and O–H groups in total. The molecule has 110 valence electrons. The zero-order chi connectivity index (χ0) is 15.0. The Morgan fingerprint density at radius 2 is 2.15 bits per heavy atom. The van der Waals surface area contributed by atoms with Crippen LogP contribution in [0.25, 0.3) is 0 Å². The van der Waals surface area contributed by atoms with Gasteiger partial charge in [-0.05, 0) is 43.8 Å². The molecule has 0 unspecified atom stereocenters. The first-order valence-corrected chi connectivity index (χ1v) is 7.35. The Morgan fingerprint density at radius 1 is 1.40 bits per heavy atom. The highest BCUT2D eigenvalue weighted by molar-refractivity contribution is 7.80. The lowest BCUT2D eigenvalue weighted by molar-refractivity contribution is -0.119. The summed E-state index contributed by atoms with van der Waals surface area (Å²) in [6, 6.07) is 5.01. The lowest BCUT2D eigenvalue weighted by atomic mass is 10.3. The molecule has 1 amide bonds. The lowest BCUT2D eigenvalue weighted by Crippen LogP contribution is -2.39. The number of thiocarbonyl (C=S) groups is 1. The van der Waals surface area contributed by atoms with Gasteiger partial charge in [-0.2, -0.15) is 0 Å². The Morgan fingerprint density at radius 3 is 2.80 bits per heavy atom. The summed E-state index contributed by atoms with van der Waals surface area (Å²) in [7, 11) is 0. The SMILES string of the molecule is CCNC(=S)NC(=O)CCCOc1ccc(Cl)cc1Cl. The van der Waals surface area contributed by atoms with Crippen molar-refractivity contribution in [1.82, 2.24) is 10.6 Å². The highest BCUT2D eigenvalue weighted by atomic mass is 35.5. The van der Waals surface area contributed by atoms with Crippen LogP contribution in [0.4, 0.5) is 0 Å². The molecule has 20 heavy (non-hydrogen) atoms. The zero-order valence-electron chi connectivity index (χ0n) is 11.0. The van der Waals surface area contributed by atoms with E-state index >= 15 is 0 Å². The number of benzene rings is 1. The first kappa shape index (κ1) is 17.0. The second-order valence-corrected chi connectivity index (χ2v) is 5.19. The van der Waals surface area contributed by atoms with Crippen molar-refractivity contribution in [2.75, 3.05) is 13.2 Å². The van der Waals surface area contributed by atoms with Gasteiger partial charge in [-0.15, -0.1) is 0 Å². The van der Waals surface area contributed by atoms with Crippen molar-refractivity contribution in [1.29, 1.82) is 0 Å². The molecular formula is C13H16Cl2N2O2S. The number of carbonyl (C=O) groups is 1. The molecule has 0 saturated heterocycles. The maximum absolute atomic E-state index is 11.5. The van der Waals surface area contributed by atoms with Crippen molar-refractivity contribution in [3.63, 3.8) is 0 Å². The van der Waals surface area contributed by atoms with Gasteiger partial charge >= 0.3 is 0 Å². The minimum absolute atomic E-state index is 0.137. The van der Waals surface area contributed by atoms with Gasteiger partial charge in [-0.1, -0.05) is 23.2 Å². The lowest BCUT2D eigenvalue weighted by Gasteiger charge is -2.09. The third kappa shape index (κ3) is 6.41. The molecule has 1 aromatic rings. The van der Waals surface area contributed by atoms with Crippen LogP contribution in [0.5, 0.6) is 5.75 Å². The third-order valence-electron chi connectivity index (χ3n) is 2.29. The maximum Gasteiger partial charge on any atom is 0.226 e. The van der Waals surface area contributed by atoms with Gasteiger partial charge < -0.3 is 15.4 Å². The van der Waals surface area contributed by atoms with E-state index in [-0.39, 0.29) is 5.91 Å². The number of halogens is 2. The standard InChI is InChI=1S/C13H16Cl2N2O2S/c1-2-16-13(20)17-12(18)4-3-7-19-11-6-5-9(14)8-10(11)15/h5-6,8H,2-4,7H2,1H3,(H2,16,17,18,20). The molecule has 0 bridgehead atoms. The molecule has 0 atom stereocenters. The van der Waals surface area contributed by atoms with E-state index < -0.39 is 0 Å². The second-order valence-electron chi connectivity index (χ2n) is 3.93. The quantitative estimate of drug-likeness (QED) is 0.619. The number of carbonyl (C=O) groups excluding carboxylic acids is 1. The van der Waals surface area contributed by atoms with Crippen LogP contribution in [0.3, 0.4) is 0 Å². The van der Waals surface area contributed by atoms with E-state index in [2.05, 4.69) is 10.6 Å². The van der Waals surface area contributed by atoms with Crippen molar-refractivity contribution >= 4 is 46.4 Å². The number of amides is 1. The van der Waals surface area contributed by atoms with Gasteiger partial charge in [-0.3, -0.25) is 4.79 Å². The van der Waals surface area contributed by atoms with Gasteiger partial charge in [0.05, 0.1) is 11.6 Å². The molecule has 0 radical (unpaired) electrons. The molecule has 0 aliphatic heterocycles. The number of rotatable bonds is 6. The minimum atomic E-state index is -0.137. The van der Waals surface area contributed by atoms with E-state index in [1.54, 1.807) is 18.2 Å². The molecule has 7 heteroatoms. The van der Waals surface area contributed by atoms with Crippen LogP contribution in [0.1, 0.15) is 19.8 Å². The van der Waals surface area contributed by atoms with Gasteiger partial charge in [0.1, 0.15) is 5.75 Å². The Balaban J connectivity index is 2.24. The Hall–Kier alpha value is -1.04. The molecule has 1 rings (SSSR count). The smallest absolute Gasteiger partial charge is 0.226 e. The van der Waals surface area contributed by atoms with Gasteiger partial charge in [0.2, 0.25) is 5.91 Å². The topological polar surface area (TPSA) is 50.4 Å². The van der Waals surface area contributed by atoms with Crippen LogP contribution >= 0.6 is 35.4 Å². The van der Waals surface area contributed by atoms with Crippen LogP contribution in [0.15, 0.2) is 18.2 Å². The summed E-state index contributed by atoms with van der Waals surface area (Å²) in [5.41, 5.74) is 0.